The zero-order valence-electron chi connectivity index (χ0n) is 20.1. The van der Waals surface area contributed by atoms with E-state index < -0.39 is 23.5 Å². The van der Waals surface area contributed by atoms with Gasteiger partial charge < -0.3 is 14.8 Å². The first kappa shape index (κ1) is 27.4. The number of benzene rings is 3. The lowest BCUT2D eigenvalue weighted by molar-refractivity contribution is -0.131. The molecule has 1 unspecified atom stereocenters. The highest BCUT2D eigenvalue weighted by molar-refractivity contribution is 9.10. The molecule has 10 heteroatoms. The topological polar surface area (TPSA) is 113 Å². The number of hydrogen-bond acceptors (Lipinski definition) is 6. The molecule has 3 rings (SSSR count). The summed E-state index contributed by atoms with van der Waals surface area (Å²) in [5.41, 5.74) is 4.15. The van der Waals surface area contributed by atoms with Crippen LogP contribution in [0.2, 0.25) is 0 Å². The Balaban J connectivity index is 1.66. The summed E-state index contributed by atoms with van der Waals surface area (Å²) in [7, 11) is 0. The van der Waals surface area contributed by atoms with E-state index in [0.717, 1.165) is 5.56 Å². The summed E-state index contributed by atoms with van der Waals surface area (Å²) in [4.78, 5) is 24.7. The van der Waals surface area contributed by atoms with Crippen molar-refractivity contribution in [2.24, 2.45) is 11.0 Å². The zero-order chi connectivity index (χ0) is 26.8. The van der Waals surface area contributed by atoms with Crippen molar-refractivity contribution in [3.63, 3.8) is 0 Å². The van der Waals surface area contributed by atoms with E-state index in [2.05, 4.69) is 37.8 Å². The molecule has 0 saturated carbocycles. The molecule has 37 heavy (non-hydrogen) atoms. The number of nitrogens with one attached hydrogen (secondary N) is 2. The van der Waals surface area contributed by atoms with Gasteiger partial charge in [-0.1, -0.05) is 30.3 Å². The fourth-order valence-corrected chi connectivity index (χ4v) is 3.73. The lowest BCUT2D eigenvalue weighted by Gasteiger charge is -2.15. The van der Waals surface area contributed by atoms with Gasteiger partial charge in [-0.3, -0.25) is 9.59 Å². The van der Waals surface area contributed by atoms with Crippen molar-refractivity contribution in [1.29, 1.82) is 5.26 Å². The van der Waals surface area contributed by atoms with Crippen LogP contribution in [0.15, 0.2) is 70.2 Å². The number of halogens is 2. The fraction of sp³-hybridized carbons (Fsp3) is 0.185. The van der Waals surface area contributed by atoms with E-state index >= 15 is 0 Å². The average Bonchev–Trinajstić information content (AvgIpc) is 2.89. The van der Waals surface area contributed by atoms with Gasteiger partial charge in [0.25, 0.3) is 5.91 Å². The maximum atomic E-state index is 13.7. The Kier molecular flexibility index (Phi) is 9.75. The minimum Gasteiger partial charge on any atom is -0.490 e. The Morgan fingerprint density at radius 3 is 2.59 bits per heavy atom. The van der Waals surface area contributed by atoms with Crippen molar-refractivity contribution in [1.82, 2.24) is 5.43 Å². The minimum atomic E-state index is -1.12. The van der Waals surface area contributed by atoms with Crippen LogP contribution in [0.4, 0.5) is 10.1 Å². The summed E-state index contributed by atoms with van der Waals surface area (Å²) < 4.78 is 26.0. The maximum absolute atomic E-state index is 13.7. The zero-order valence-corrected chi connectivity index (χ0v) is 21.7. The predicted octanol–water partition coefficient (Wildman–Crippen LogP) is 5.16. The summed E-state index contributed by atoms with van der Waals surface area (Å²) in [5, 5.41) is 15.6. The third-order valence-corrected chi connectivity index (χ3v) is 5.74. The average molecular weight is 567 g/mol. The number of para-hydroxylation sites is 1. The first-order chi connectivity index (χ1) is 17.8. The molecule has 0 aliphatic carbocycles. The molecule has 0 aliphatic heterocycles. The third kappa shape index (κ3) is 7.38. The van der Waals surface area contributed by atoms with Crippen molar-refractivity contribution in [2.45, 2.75) is 20.5 Å². The highest BCUT2D eigenvalue weighted by Gasteiger charge is 2.22. The number of carbonyl (C=O) groups excluding carboxylic acids is 2. The Labute approximate surface area is 222 Å². The minimum absolute atomic E-state index is 0.0117. The first-order valence-corrected chi connectivity index (χ1v) is 12.1. The van der Waals surface area contributed by atoms with Crippen LogP contribution in [-0.2, 0) is 16.2 Å². The van der Waals surface area contributed by atoms with E-state index in [9.17, 15) is 19.2 Å². The van der Waals surface area contributed by atoms with Crippen LogP contribution in [0.3, 0.4) is 0 Å². The lowest BCUT2D eigenvalue weighted by Crippen LogP contribution is -2.34. The van der Waals surface area contributed by atoms with Gasteiger partial charge in [0.05, 0.1) is 34.6 Å². The molecule has 0 aromatic heterocycles. The molecule has 2 amide bonds. The highest BCUT2D eigenvalue weighted by atomic mass is 79.9. The largest absolute Gasteiger partial charge is 0.490 e. The smallest absolute Gasteiger partial charge is 0.252 e. The van der Waals surface area contributed by atoms with Gasteiger partial charge in [-0.15, -0.1) is 0 Å². The number of ether oxygens (including phenoxy) is 2. The molecular weight excluding hydrogens is 543 g/mol. The summed E-state index contributed by atoms with van der Waals surface area (Å²) in [5.74, 6) is -2.15. The van der Waals surface area contributed by atoms with Crippen LogP contribution in [0, 0.1) is 23.1 Å². The molecule has 0 spiro atoms. The molecule has 3 aromatic carbocycles. The number of nitrogens with zero attached hydrogens (tertiary/aromatic N) is 2. The monoisotopic (exact) mass is 566 g/mol. The lowest BCUT2D eigenvalue weighted by atomic mass is 10.1. The van der Waals surface area contributed by atoms with Gasteiger partial charge in [0.2, 0.25) is 5.91 Å². The molecule has 3 aromatic rings. The van der Waals surface area contributed by atoms with E-state index in [1.807, 2.05) is 19.1 Å². The van der Waals surface area contributed by atoms with Gasteiger partial charge >= 0.3 is 0 Å². The van der Waals surface area contributed by atoms with Gasteiger partial charge in [0.15, 0.2) is 11.5 Å². The number of hydrazone groups is 1. The van der Waals surface area contributed by atoms with E-state index in [0.29, 0.717) is 33.7 Å². The van der Waals surface area contributed by atoms with Gasteiger partial charge in [0, 0.05) is 5.56 Å². The first-order valence-electron chi connectivity index (χ1n) is 11.3. The summed E-state index contributed by atoms with van der Waals surface area (Å²) >= 11 is 3.48. The standard InChI is InChI=1S/C27H24BrFN4O4/c1-3-36-24-13-18(12-21(28)25(24)37-16-20-9-5-4-8-19(20)14-30)15-31-33-27(35)17(2)26(34)32-23-11-7-6-10-22(23)29/h4-13,15,17H,3,16H2,1-2H3,(H,32,34)(H,33,35). The highest BCUT2D eigenvalue weighted by Crippen LogP contribution is 2.37. The second kappa shape index (κ2) is 13.2. The molecule has 1 atom stereocenters. The molecule has 0 fully saturated rings. The molecule has 0 saturated heterocycles. The Hall–Kier alpha value is -4.23. The van der Waals surface area contributed by atoms with Crippen LogP contribution < -0.4 is 20.2 Å². The van der Waals surface area contributed by atoms with Gasteiger partial charge in [-0.05, 0) is 65.7 Å². The Morgan fingerprint density at radius 2 is 1.86 bits per heavy atom. The maximum Gasteiger partial charge on any atom is 0.252 e. The summed E-state index contributed by atoms with van der Waals surface area (Å²) in [6, 6.07) is 18.4. The van der Waals surface area contributed by atoms with Crippen molar-refractivity contribution in [3.05, 3.63) is 87.6 Å². The number of anilines is 1. The van der Waals surface area contributed by atoms with E-state index in [1.54, 1.807) is 30.3 Å². The molecule has 190 valence electrons. The SMILES string of the molecule is CCOc1cc(C=NNC(=O)C(C)C(=O)Nc2ccccc2F)cc(Br)c1OCc1ccccc1C#N. The van der Waals surface area contributed by atoms with Crippen LogP contribution in [0.25, 0.3) is 0 Å². The second-order valence-corrected chi connectivity index (χ2v) is 8.60. The van der Waals surface area contributed by atoms with Gasteiger partial charge in [0.1, 0.15) is 18.3 Å². The quantitative estimate of drug-likeness (QED) is 0.200. The molecule has 2 N–H and O–H groups in total. The van der Waals surface area contributed by atoms with Crippen molar-refractivity contribution < 1.29 is 23.5 Å². The van der Waals surface area contributed by atoms with Crippen LogP contribution in [0.1, 0.15) is 30.5 Å². The molecule has 8 nitrogen and oxygen atoms in total. The fourth-order valence-electron chi connectivity index (χ4n) is 3.16. The van der Waals surface area contributed by atoms with Crippen LogP contribution in [-0.4, -0.2) is 24.6 Å². The van der Waals surface area contributed by atoms with Crippen molar-refractivity contribution in [2.75, 3.05) is 11.9 Å². The number of rotatable bonds is 10. The van der Waals surface area contributed by atoms with E-state index in [4.69, 9.17) is 9.47 Å². The number of hydrogen-bond donors (Lipinski definition) is 2. The number of carbonyl (C=O) groups is 2. The molecule has 0 heterocycles. The van der Waals surface area contributed by atoms with Crippen molar-refractivity contribution in [3.8, 4) is 17.6 Å². The predicted molar refractivity (Wildman–Crippen MR) is 141 cm³/mol. The molecular formula is C27H24BrFN4O4. The van der Waals surface area contributed by atoms with Gasteiger partial charge in [-0.25, -0.2) is 9.82 Å². The molecule has 0 bridgehead atoms. The van der Waals surface area contributed by atoms with Crippen LogP contribution in [0.5, 0.6) is 11.5 Å². The Bertz CT molecular complexity index is 1360. The normalized spacial score (nSPS) is 11.4. The number of nitriles is 1. The van der Waals surface area contributed by atoms with E-state index in [-0.39, 0.29) is 12.3 Å². The van der Waals surface area contributed by atoms with E-state index in [1.165, 1.54) is 31.3 Å². The Morgan fingerprint density at radius 1 is 1.14 bits per heavy atom. The molecule has 0 aliphatic rings. The number of amides is 2. The molecule has 0 radical (unpaired) electrons. The summed E-state index contributed by atoms with van der Waals surface area (Å²) in [6.07, 6.45) is 1.39. The second-order valence-electron chi connectivity index (χ2n) is 7.75. The van der Waals surface area contributed by atoms with Crippen molar-refractivity contribution >= 4 is 39.6 Å². The van der Waals surface area contributed by atoms with Crippen LogP contribution >= 0.6 is 15.9 Å². The summed E-state index contributed by atoms with van der Waals surface area (Å²) in [6.45, 7) is 3.76. The van der Waals surface area contributed by atoms with Gasteiger partial charge in [-0.2, -0.15) is 10.4 Å². The third-order valence-electron chi connectivity index (χ3n) is 5.15.